The van der Waals surface area contributed by atoms with Crippen LogP contribution in [0.2, 0.25) is 0 Å². The summed E-state index contributed by atoms with van der Waals surface area (Å²) >= 11 is 5.21. The number of carbonyl (C=O) groups excluding carboxylic acids is 1. The fraction of sp³-hybridized carbons (Fsp3) is 0.0500. The lowest BCUT2D eigenvalue weighted by molar-refractivity contribution is -0.119. The minimum absolute atomic E-state index is 0.180. The molecule has 0 saturated carbocycles. The van der Waals surface area contributed by atoms with E-state index in [1.165, 1.54) is 12.7 Å². The average molecular weight is 404 g/mol. The lowest BCUT2D eigenvalue weighted by Crippen LogP contribution is -2.35. The van der Waals surface area contributed by atoms with Gasteiger partial charge in [-0.2, -0.15) is 4.98 Å². The van der Waals surface area contributed by atoms with Crippen molar-refractivity contribution in [3.63, 3.8) is 0 Å². The van der Waals surface area contributed by atoms with Crippen LogP contribution in [0.4, 0.5) is 5.69 Å². The Hall–Kier alpha value is -3.85. The SMILES string of the molecule is O=C(Cc1ccccc1)NC(=S)Nc1ccc(Oc2ncnc3nc[nH]c23)cc1. The number of aromatic nitrogens is 4. The molecule has 2 aromatic heterocycles. The summed E-state index contributed by atoms with van der Waals surface area (Å²) in [6.45, 7) is 0. The van der Waals surface area contributed by atoms with E-state index in [0.717, 1.165) is 11.3 Å². The fourth-order valence-electron chi connectivity index (χ4n) is 2.65. The van der Waals surface area contributed by atoms with Crippen LogP contribution in [-0.2, 0) is 11.2 Å². The van der Waals surface area contributed by atoms with E-state index >= 15 is 0 Å². The largest absolute Gasteiger partial charge is 0.437 e. The van der Waals surface area contributed by atoms with E-state index in [1.54, 1.807) is 24.3 Å². The molecule has 4 aromatic rings. The molecule has 4 rings (SSSR count). The Bertz CT molecular complexity index is 1140. The topological polar surface area (TPSA) is 105 Å². The Labute approximate surface area is 171 Å². The van der Waals surface area contributed by atoms with Crippen LogP contribution in [-0.4, -0.2) is 31.0 Å². The maximum Gasteiger partial charge on any atom is 0.248 e. The highest BCUT2D eigenvalue weighted by Gasteiger charge is 2.09. The number of H-pyrrole nitrogens is 1. The smallest absolute Gasteiger partial charge is 0.248 e. The molecule has 0 aliphatic carbocycles. The Morgan fingerprint density at radius 1 is 1.03 bits per heavy atom. The molecule has 3 N–H and O–H groups in total. The summed E-state index contributed by atoms with van der Waals surface area (Å²) in [7, 11) is 0. The maximum atomic E-state index is 12.1. The molecule has 0 fully saturated rings. The predicted molar refractivity (Wildman–Crippen MR) is 113 cm³/mol. The summed E-state index contributed by atoms with van der Waals surface area (Å²) in [6, 6.07) is 16.6. The first-order valence-corrected chi connectivity index (χ1v) is 9.15. The molecule has 1 amide bonds. The van der Waals surface area contributed by atoms with Gasteiger partial charge in [0.15, 0.2) is 10.8 Å². The molecule has 2 heterocycles. The first kappa shape index (κ1) is 18.5. The summed E-state index contributed by atoms with van der Waals surface area (Å²) in [5, 5.41) is 5.88. The molecule has 0 saturated heterocycles. The third-order valence-corrected chi connectivity index (χ3v) is 4.18. The van der Waals surface area contributed by atoms with Crippen LogP contribution >= 0.6 is 12.2 Å². The number of ether oxygens (including phenoxy) is 1. The number of nitrogens with one attached hydrogen (secondary N) is 3. The lowest BCUT2D eigenvalue weighted by Gasteiger charge is -2.10. The standard InChI is InChI=1S/C20H16N6O2S/c27-16(10-13-4-2-1-3-5-13)26-20(29)25-14-6-8-15(9-7-14)28-19-17-18(22-11-21-17)23-12-24-19/h1-9,11-12H,10H2,(H,21,22,23,24)(H2,25,26,27,29). The van der Waals surface area contributed by atoms with Crippen molar-refractivity contribution < 1.29 is 9.53 Å². The molecule has 9 heteroatoms. The number of benzene rings is 2. The second kappa shape index (κ2) is 8.44. The summed E-state index contributed by atoms with van der Waals surface area (Å²) in [6.07, 6.45) is 3.19. The molecule has 0 atom stereocenters. The predicted octanol–water partition coefficient (Wildman–Crippen LogP) is 3.20. The van der Waals surface area contributed by atoms with Crippen LogP contribution in [0.15, 0.2) is 67.3 Å². The normalized spacial score (nSPS) is 10.5. The Kier molecular flexibility index (Phi) is 5.39. The highest BCUT2D eigenvalue weighted by atomic mass is 32.1. The minimum atomic E-state index is -0.180. The van der Waals surface area contributed by atoms with Crippen LogP contribution < -0.4 is 15.4 Å². The molecule has 0 aliphatic rings. The molecule has 0 unspecified atom stereocenters. The lowest BCUT2D eigenvalue weighted by atomic mass is 10.1. The van der Waals surface area contributed by atoms with Crippen molar-refractivity contribution in [2.75, 3.05) is 5.32 Å². The second-order valence-corrected chi connectivity index (χ2v) is 6.48. The van der Waals surface area contributed by atoms with Gasteiger partial charge in [0, 0.05) is 5.69 Å². The van der Waals surface area contributed by atoms with E-state index in [1.807, 2.05) is 30.3 Å². The van der Waals surface area contributed by atoms with E-state index in [2.05, 4.69) is 30.6 Å². The summed E-state index contributed by atoms with van der Waals surface area (Å²) in [5.74, 6) is 0.794. The number of fused-ring (bicyclic) bond motifs is 1. The molecule has 0 aliphatic heterocycles. The Morgan fingerprint density at radius 2 is 1.83 bits per heavy atom. The van der Waals surface area contributed by atoms with Crippen molar-refractivity contribution in [1.29, 1.82) is 0 Å². The van der Waals surface area contributed by atoms with Crippen molar-refractivity contribution >= 4 is 40.1 Å². The highest BCUT2D eigenvalue weighted by molar-refractivity contribution is 7.80. The minimum Gasteiger partial charge on any atom is -0.437 e. The van der Waals surface area contributed by atoms with Crippen LogP contribution in [0.3, 0.4) is 0 Å². The number of carbonyl (C=O) groups is 1. The van der Waals surface area contributed by atoms with Crippen molar-refractivity contribution in [3.05, 3.63) is 72.8 Å². The van der Waals surface area contributed by atoms with Crippen molar-refractivity contribution in [2.45, 2.75) is 6.42 Å². The molecular formula is C20H16N6O2S. The molecule has 0 bridgehead atoms. The number of anilines is 1. The van der Waals surface area contributed by atoms with Gasteiger partial charge in [-0.05, 0) is 42.0 Å². The van der Waals surface area contributed by atoms with Crippen LogP contribution in [0.1, 0.15) is 5.56 Å². The highest BCUT2D eigenvalue weighted by Crippen LogP contribution is 2.25. The van der Waals surface area contributed by atoms with Gasteiger partial charge < -0.3 is 20.4 Å². The fourth-order valence-corrected chi connectivity index (χ4v) is 2.88. The van der Waals surface area contributed by atoms with Gasteiger partial charge in [0.25, 0.3) is 0 Å². The number of hydrogen-bond acceptors (Lipinski definition) is 6. The van der Waals surface area contributed by atoms with Gasteiger partial charge in [0.05, 0.1) is 12.7 Å². The van der Waals surface area contributed by atoms with E-state index in [0.29, 0.717) is 22.8 Å². The maximum absolute atomic E-state index is 12.1. The van der Waals surface area contributed by atoms with E-state index in [-0.39, 0.29) is 17.4 Å². The summed E-state index contributed by atoms with van der Waals surface area (Å²) < 4.78 is 5.79. The van der Waals surface area contributed by atoms with Gasteiger partial charge in [0.2, 0.25) is 11.8 Å². The van der Waals surface area contributed by atoms with Crippen molar-refractivity contribution in [2.24, 2.45) is 0 Å². The van der Waals surface area contributed by atoms with Crippen LogP contribution in [0.25, 0.3) is 11.2 Å². The number of thiocarbonyl (C=S) groups is 1. The van der Waals surface area contributed by atoms with Crippen LogP contribution in [0.5, 0.6) is 11.6 Å². The Balaban J connectivity index is 1.34. The molecule has 144 valence electrons. The van der Waals surface area contributed by atoms with Gasteiger partial charge in [-0.1, -0.05) is 30.3 Å². The molecule has 2 aromatic carbocycles. The van der Waals surface area contributed by atoms with E-state index in [4.69, 9.17) is 17.0 Å². The monoisotopic (exact) mass is 404 g/mol. The summed E-state index contributed by atoms with van der Waals surface area (Å²) in [5.41, 5.74) is 2.80. The van der Waals surface area contributed by atoms with Gasteiger partial charge in [-0.3, -0.25) is 4.79 Å². The number of nitrogens with zero attached hydrogens (tertiary/aromatic N) is 3. The first-order valence-electron chi connectivity index (χ1n) is 8.74. The van der Waals surface area contributed by atoms with Gasteiger partial charge >= 0.3 is 0 Å². The quantitative estimate of drug-likeness (QED) is 0.439. The van der Waals surface area contributed by atoms with E-state index in [9.17, 15) is 4.79 Å². The van der Waals surface area contributed by atoms with Gasteiger partial charge in [0.1, 0.15) is 17.6 Å². The molecule has 8 nitrogen and oxygen atoms in total. The Morgan fingerprint density at radius 3 is 2.62 bits per heavy atom. The number of rotatable bonds is 5. The van der Waals surface area contributed by atoms with Crippen molar-refractivity contribution in [1.82, 2.24) is 25.3 Å². The van der Waals surface area contributed by atoms with E-state index < -0.39 is 0 Å². The third kappa shape index (κ3) is 4.71. The zero-order chi connectivity index (χ0) is 20.1. The number of aromatic amines is 1. The van der Waals surface area contributed by atoms with Crippen molar-refractivity contribution in [3.8, 4) is 11.6 Å². The first-order chi connectivity index (χ1) is 14.2. The zero-order valence-electron chi connectivity index (χ0n) is 15.1. The molecule has 0 radical (unpaired) electrons. The molecular weight excluding hydrogens is 388 g/mol. The number of amides is 1. The second-order valence-electron chi connectivity index (χ2n) is 6.07. The van der Waals surface area contributed by atoms with Crippen LogP contribution in [0, 0.1) is 0 Å². The zero-order valence-corrected chi connectivity index (χ0v) is 15.9. The number of hydrogen-bond donors (Lipinski definition) is 3. The van der Waals surface area contributed by atoms with Gasteiger partial charge in [-0.25, -0.2) is 9.97 Å². The summed E-state index contributed by atoms with van der Waals surface area (Å²) in [4.78, 5) is 27.3. The average Bonchev–Trinajstić information content (AvgIpc) is 3.20. The molecule has 0 spiro atoms. The molecule has 29 heavy (non-hydrogen) atoms. The number of imidazole rings is 1. The van der Waals surface area contributed by atoms with Gasteiger partial charge in [-0.15, -0.1) is 0 Å². The third-order valence-electron chi connectivity index (χ3n) is 3.98.